The van der Waals surface area contributed by atoms with Crippen molar-refractivity contribution in [1.29, 1.82) is 0 Å². The molecule has 1 N–H and O–H groups in total. The van der Waals surface area contributed by atoms with Gasteiger partial charge in [0, 0.05) is 0 Å². The van der Waals surface area contributed by atoms with Crippen molar-refractivity contribution >= 4 is 16.0 Å². The lowest BCUT2D eigenvalue weighted by molar-refractivity contribution is -0.175. The Morgan fingerprint density at radius 1 is 0.703 bits per heavy atom. The summed E-state index contributed by atoms with van der Waals surface area (Å²) >= 11 is 0. The molecule has 1 aliphatic rings. The maximum atomic E-state index is 13.1. The zero-order valence-electron chi connectivity index (χ0n) is 20.6. The SMILES string of the molecule is CS(=O)(=O)O[C@@H]1C(=O)N[C@H](COCc2ccccc2)[C@@H](OCc2ccccc2)[C@@H]1OCc1ccccc1. The summed E-state index contributed by atoms with van der Waals surface area (Å²) in [6.45, 7) is 0.854. The van der Waals surface area contributed by atoms with E-state index in [2.05, 4.69) is 5.32 Å². The number of piperidine rings is 1. The number of amides is 1. The van der Waals surface area contributed by atoms with E-state index < -0.39 is 40.4 Å². The van der Waals surface area contributed by atoms with Gasteiger partial charge in [-0.2, -0.15) is 8.42 Å². The molecule has 0 unspecified atom stereocenters. The van der Waals surface area contributed by atoms with Crippen LogP contribution in [0.15, 0.2) is 91.0 Å². The molecule has 1 amide bonds. The van der Waals surface area contributed by atoms with Crippen LogP contribution in [0, 0.1) is 0 Å². The number of rotatable bonds is 12. The topological polar surface area (TPSA) is 100 Å². The largest absolute Gasteiger partial charge is 0.375 e. The fourth-order valence-corrected chi connectivity index (χ4v) is 4.70. The first-order chi connectivity index (χ1) is 17.9. The highest BCUT2D eigenvalue weighted by atomic mass is 32.2. The Bertz CT molecular complexity index is 1220. The van der Waals surface area contributed by atoms with Crippen LogP contribution < -0.4 is 5.32 Å². The molecule has 0 spiro atoms. The lowest BCUT2D eigenvalue weighted by Crippen LogP contribution is -2.66. The summed E-state index contributed by atoms with van der Waals surface area (Å²) in [5, 5.41) is 2.83. The molecule has 4 atom stereocenters. The lowest BCUT2D eigenvalue weighted by Gasteiger charge is -2.41. The van der Waals surface area contributed by atoms with Gasteiger partial charge in [-0.05, 0) is 16.7 Å². The molecule has 3 aromatic rings. The molecule has 1 fully saturated rings. The highest BCUT2D eigenvalue weighted by Gasteiger charge is 2.48. The molecule has 9 heteroatoms. The number of hydrogen-bond acceptors (Lipinski definition) is 7. The number of carbonyl (C=O) groups excluding carboxylic acids is 1. The summed E-state index contributed by atoms with van der Waals surface area (Å²) in [6.07, 6.45) is -2.25. The molecular formula is C28H31NO7S. The van der Waals surface area contributed by atoms with Gasteiger partial charge in [0.15, 0.2) is 6.10 Å². The average Bonchev–Trinajstić information content (AvgIpc) is 2.89. The van der Waals surface area contributed by atoms with Crippen LogP contribution in [0.3, 0.4) is 0 Å². The summed E-state index contributed by atoms with van der Waals surface area (Å²) in [5.74, 6) is -0.601. The quantitative estimate of drug-likeness (QED) is 0.363. The van der Waals surface area contributed by atoms with Crippen LogP contribution in [-0.2, 0) is 53.1 Å². The third-order valence-electron chi connectivity index (χ3n) is 5.86. The second-order valence-corrected chi connectivity index (χ2v) is 10.5. The van der Waals surface area contributed by atoms with Crippen molar-refractivity contribution in [1.82, 2.24) is 5.32 Å². The van der Waals surface area contributed by atoms with Gasteiger partial charge in [-0.1, -0.05) is 91.0 Å². The number of benzene rings is 3. The minimum Gasteiger partial charge on any atom is -0.375 e. The van der Waals surface area contributed by atoms with Crippen LogP contribution in [0.4, 0.5) is 0 Å². The molecule has 1 saturated heterocycles. The second-order valence-electron chi connectivity index (χ2n) is 8.86. The van der Waals surface area contributed by atoms with Crippen molar-refractivity contribution in [3.8, 4) is 0 Å². The van der Waals surface area contributed by atoms with Crippen molar-refractivity contribution in [2.75, 3.05) is 12.9 Å². The smallest absolute Gasteiger partial charge is 0.265 e. The molecule has 0 radical (unpaired) electrons. The average molecular weight is 526 g/mol. The van der Waals surface area contributed by atoms with Gasteiger partial charge in [-0.25, -0.2) is 0 Å². The maximum Gasteiger partial charge on any atom is 0.265 e. The molecular weight excluding hydrogens is 494 g/mol. The molecule has 0 bridgehead atoms. The van der Waals surface area contributed by atoms with Crippen molar-refractivity contribution in [2.45, 2.75) is 44.2 Å². The van der Waals surface area contributed by atoms with E-state index in [1.807, 2.05) is 91.0 Å². The molecule has 3 aromatic carbocycles. The first-order valence-electron chi connectivity index (χ1n) is 12.0. The Balaban J connectivity index is 1.56. The van der Waals surface area contributed by atoms with Gasteiger partial charge in [-0.15, -0.1) is 0 Å². The minimum absolute atomic E-state index is 0.136. The third kappa shape index (κ3) is 8.21. The van der Waals surface area contributed by atoms with E-state index >= 15 is 0 Å². The van der Waals surface area contributed by atoms with E-state index in [0.717, 1.165) is 22.9 Å². The summed E-state index contributed by atoms with van der Waals surface area (Å²) < 4.78 is 47.7. The van der Waals surface area contributed by atoms with E-state index in [9.17, 15) is 13.2 Å². The van der Waals surface area contributed by atoms with Crippen molar-refractivity contribution in [3.05, 3.63) is 108 Å². The van der Waals surface area contributed by atoms with E-state index in [1.54, 1.807) is 0 Å². The van der Waals surface area contributed by atoms with Gasteiger partial charge < -0.3 is 19.5 Å². The number of carbonyl (C=O) groups is 1. The van der Waals surface area contributed by atoms with Crippen molar-refractivity contribution in [2.24, 2.45) is 0 Å². The van der Waals surface area contributed by atoms with E-state index in [0.29, 0.717) is 6.61 Å². The van der Waals surface area contributed by atoms with E-state index in [1.165, 1.54) is 0 Å². The Labute approximate surface area is 217 Å². The molecule has 0 saturated carbocycles. The summed E-state index contributed by atoms with van der Waals surface area (Å²) in [7, 11) is -3.96. The van der Waals surface area contributed by atoms with E-state index in [4.69, 9.17) is 18.4 Å². The fourth-order valence-electron chi connectivity index (χ4n) is 4.13. The van der Waals surface area contributed by atoms with Crippen molar-refractivity contribution in [3.63, 3.8) is 0 Å². The number of nitrogens with one attached hydrogen (secondary N) is 1. The highest BCUT2D eigenvalue weighted by molar-refractivity contribution is 7.86. The molecule has 0 aromatic heterocycles. The Kier molecular flexibility index (Phi) is 9.43. The van der Waals surface area contributed by atoms with Gasteiger partial charge >= 0.3 is 0 Å². The molecule has 8 nitrogen and oxygen atoms in total. The van der Waals surface area contributed by atoms with Gasteiger partial charge in [0.2, 0.25) is 0 Å². The van der Waals surface area contributed by atoms with Crippen LogP contribution >= 0.6 is 0 Å². The van der Waals surface area contributed by atoms with Gasteiger partial charge in [-0.3, -0.25) is 8.98 Å². The Morgan fingerprint density at radius 3 is 1.65 bits per heavy atom. The lowest BCUT2D eigenvalue weighted by atomic mass is 9.95. The van der Waals surface area contributed by atoms with Gasteiger partial charge in [0.05, 0.1) is 38.7 Å². The molecule has 4 rings (SSSR count). The molecule has 0 aliphatic carbocycles. The standard InChI is InChI=1S/C28H31NO7S/c1-37(31,32)36-27-26(35-19-23-15-9-4-10-16-23)25(34-18-22-13-7-3-8-14-22)24(29-28(27)30)20-33-17-21-11-5-2-6-12-21/h2-16,24-27H,17-20H2,1H3,(H,29,30)/t24-,25-,26+,27+/m1/s1. The van der Waals surface area contributed by atoms with Crippen LogP contribution in [0.1, 0.15) is 16.7 Å². The zero-order valence-corrected chi connectivity index (χ0v) is 21.4. The van der Waals surface area contributed by atoms with E-state index in [-0.39, 0.29) is 19.8 Å². The van der Waals surface area contributed by atoms with Crippen LogP contribution in [0.5, 0.6) is 0 Å². The van der Waals surface area contributed by atoms with Crippen LogP contribution in [0.25, 0.3) is 0 Å². The molecule has 37 heavy (non-hydrogen) atoms. The molecule has 196 valence electrons. The summed E-state index contributed by atoms with van der Waals surface area (Å²) in [6, 6.07) is 28.0. The monoisotopic (exact) mass is 525 g/mol. The van der Waals surface area contributed by atoms with Crippen LogP contribution in [-0.4, -0.2) is 51.5 Å². The molecule has 1 heterocycles. The third-order valence-corrected chi connectivity index (χ3v) is 6.42. The first-order valence-corrected chi connectivity index (χ1v) is 13.8. The Morgan fingerprint density at radius 2 is 1.16 bits per heavy atom. The number of ether oxygens (including phenoxy) is 3. The maximum absolute atomic E-state index is 13.1. The van der Waals surface area contributed by atoms with Gasteiger partial charge in [0.25, 0.3) is 16.0 Å². The number of hydrogen-bond donors (Lipinski definition) is 1. The van der Waals surface area contributed by atoms with Gasteiger partial charge in [0.1, 0.15) is 12.2 Å². The summed E-state index contributed by atoms with van der Waals surface area (Å²) in [4.78, 5) is 13.1. The normalized spacial score (nSPS) is 21.9. The zero-order chi connectivity index (χ0) is 26.1. The second kappa shape index (κ2) is 12.9. The minimum atomic E-state index is -3.96. The Hall–Kier alpha value is -3.08. The molecule has 1 aliphatic heterocycles. The van der Waals surface area contributed by atoms with Crippen LogP contribution in [0.2, 0.25) is 0 Å². The fraction of sp³-hybridized carbons (Fsp3) is 0.321. The predicted molar refractivity (Wildman–Crippen MR) is 138 cm³/mol. The highest BCUT2D eigenvalue weighted by Crippen LogP contribution is 2.25. The first kappa shape index (κ1) is 27.0. The van der Waals surface area contributed by atoms with Crippen molar-refractivity contribution < 1.29 is 31.6 Å². The predicted octanol–water partition coefficient (Wildman–Crippen LogP) is 3.22. The summed E-state index contributed by atoms with van der Waals surface area (Å²) in [5.41, 5.74) is 2.78.